The van der Waals surface area contributed by atoms with Crippen molar-refractivity contribution in [2.45, 2.75) is 18.9 Å². The van der Waals surface area contributed by atoms with Gasteiger partial charge in [-0.25, -0.2) is 0 Å². The smallest absolute Gasteiger partial charge is 0.313 e. The van der Waals surface area contributed by atoms with Crippen LogP contribution < -0.4 is 15.5 Å². The highest BCUT2D eigenvalue weighted by Crippen LogP contribution is 2.24. The van der Waals surface area contributed by atoms with E-state index in [4.69, 9.17) is 4.42 Å². The van der Waals surface area contributed by atoms with Crippen molar-refractivity contribution in [3.05, 3.63) is 72.5 Å². The number of hydrogen-bond donors (Lipinski definition) is 3. The van der Waals surface area contributed by atoms with Gasteiger partial charge in [0.05, 0.1) is 12.4 Å². The zero-order valence-corrected chi connectivity index (χ0v) is 17.3. The van der Waals surface area contributed by atoms with E-state index in [0.29, 0.717) is 35.7 Å². The second kappa shape index (κ2) is 9.49. The first kappa shape index (κ1) is 21.3. The van der Waals surface area contributed by atoms with Crippen LogP contribution >= 0.6 is 0 Å². The zero-order valence-electron chi connectivity index (χ0n) is 17.3. The molecule has 2 heterocycles. The number of nitrogens with zero attached hydrogens (tertiary/aromatic N) is 1. The molecule has 0 spiro atoms. The van der Waals surface area contributed by atoms with E-state index in [1.165, 1.54) is 0 Å². The molecule has 2 aromatic carbocycles. The molecule has 1 fully saturated rings. The maximum absolute atomic E-state index is 12.2. The van der Waals surface area contributed by atoms with Gasteiger partial charge in [-0.15, -0.1) is 0 Å². The highest BCUT2D eigenvalue weighted by molar-refractivity contribution is 6.39. The molecule has 3 aromatic rings. The second-order valence-electron chi connectivity index (χ2n) is 7.48. The third-order valence-electron chi connectivity index (χ3n) is 5.25. The average molecular weight is 433 g/mol. The summed E-state index contributed by atoms with van der Waals surface area (Å²) < 4.78 is 5.33. The molecule has 1 aliphatic rings. The lowest BCUT2D eigenvalue weighted by Gasteiger charge is -2.17. The number of anilines is 2. The van der Waals surface area contributed by atoms with Crippen LogP contribution in [0.5, 0.6) is 0 Å². The maximum Gasteiger partial charge on any atom is 0.313 e. The summed E-state index contributed by atoms with van der Waals surface area (Å²) in [5, 5.41) is 15.3. The van der Waals surface area contributed by atoms with Gasteiger partial charge in [0.15, 0.2) is 0 Å². The molecule has 1 aliphatic heterocycles. The monoisotopic (exact) mass is 433 g/mol. The lowest BCUT2D eigenvalue weighted by atomic mass is 10.1. The molecule has 1 atom stereocenters. The van der Waals surface area contributed by atoms with Gasteiger partial charge in [-0.3, -0.25) is 14.4 Å². The second-order valence-corrected chi connectivity index (χ2v) is 7.48. The molecule has 0 radical (unpaired) electrons. The van der Waals surface area contributed by atoms with E-state index in [-0.39, 0.29) is 12.5 Å². The van der Waals surface area contributed by atoms with Gasteiger partial charge in [0.25, 0.3) is 0 Å². The topological polar surface area (TPSA) is 112 Å². The summed E-state index contributed by atoms with van der Waals surface area (Å²) in [6.45, 7) is 0.520. The molecule has 0 unspecified atom stereocenters. The standard InChI is InChI=1S/C24H23N3O5/c28-20(16-8-10-17(11-9-16)21-6-3-13-32-21)15-25-23(30)24(31)26-18-4-1-5-19(14-18)27-12-2-7-22(27)29/h1,3-6,8-11,13-14,20,28H,2,7,12,15H2,(H,25,30)(H,26,31)/t20-/m0/s1. The van der Waals surface area contributed by atoms with Crippen molar-refractivity contribution in [2.24, 2.45) is 0 Å². The van der Waals surface area contributed by atoms with Crippen LogP contribution in [0.2, 0.25) is 0 Å². The summed E-state index contributed by atoms with van der Waals surface area (Å²) >= 11 is 0. The number of nitrogens with one attached hydrogen (secondary N) is 2. The van der Waals surface area contributed by atoms with E-state index in [1.54, 1.807) is 53.6 Å². The van der Waals surface area contributed by atoms with Crippen LogP contribution in [0, 0.1) is 0 Å². The zero-order chi connectivity index (χ0) is 22.5. The third-order valence-corrected chi connectivity index (χ3v) is 5.25. The van der Waals surface area contributed by atoms with E-state index >= 15 is 0 Å². The van der Waals surface area contributed by atoms with Gasteiger partial charge in [-0.1, -0.05) is 30.3 Å². The molecule has 4 rings (SSSR count). The van der Waals surface area contributed by atoms with Gasteiger partial charge in [0, 0.05) is 36.4 Å². The summed E-state index contributed by atoms with van der Waals surface area (Å²) in [6.07, 6.45) is 1.92. The molecular formula is C24H23N3O5. The number of carbonyl (C=O) groups excluding carboxylic acids is 3. The normalized spacial score (nSPS) is 14.3. The molecule has 164 valence electrons. The average Bonchev–Trinajstić information content (AvgIpc) is 3.49. The predicted octanol–water partition coefficient (Wildman–Crippen LogP) is 2.86. The Morgan fingerprint density at radius 1 is 1.06 bits per heavy atom. The number of aliphatic hydroxyl groups excluding tert-OH is 1. The SMILES string of the molecule is O=C(NC[C@H](O)c1ccc(-c2ccco2)cc1)C(=O)Nc1cccc(N2CCCC2=O)c1. The Bertz CT molecular complexity index is 1110. The third kappa shape index (κ3) is 4.87. The summed E-state index contributed by atoms with van der Waals surface area (Å²) in [4.78, 5) is 38.0. The lowest BCUT2D eigenvalue weighted by molar-refractivity contribution is -0.136. The molecule has 3 N–H and O–H groups in total. The van der Waals surface area contributed by atoms with Crippen molar-refractivity contribution in [1.82, 2.24) is 5.32 Å². The van der Waals surface area contributed by atoms with Crippen LogP contribution in [0.1, 0.15) is 24.5 Å². The van der Waals surface area contributed by atoms with Crippen LogP contribution in [0.4, 0.5) is 11.4 Å². The van der Waals surface area contributed by atoms with Crippen LogP contribution in [-0.2, 0) is 14.4 Å². The Morgan fingerprint density at radius 2 is 1.88 bits per heavy atom. The Morgan fingerprint density at radius 3 is 2.56 bits per heavy atom. The molecule has 0 saturated carbocycles. The fourth-order valence-electron chi connectivity index (χ4n) is 3.56. The van der Waals surface area contributed by atoms with Crippen LogP contribution in [0.25, 0.3) is 11.3 Å². The minimum absolute atomic E-state index is 0.0393. The highest BCUT2D eigenvalue weighted by Gasteiger charge is 2.22. The Hall–Kier alpha value is -3.91. The predicted molar refractivity (Wildman–Crippen MR) is 119 cm³/mol. The number of carbonyl (C=O) groups is 3. The molecule has 1 saturated heterocycles. The van der Waals surface area contributed by atoms with Crippen molar-refractivity contribution in [1.29, 1.82) is 0 Å². The van der Waals surface area contributed by atoms with E-state index < -0.39 is 17.9 Å². The van der Waals surface area contributed by atoms with Gasteiger partial charge in [0.1, 0.15) is 5.76 Å². The minimum atomic E-state index is -0.970. The fourth-order valence-corrected chi connectivity index (χ4v) is 3.56. The van der Waals surface area contributed by atoms with Crippen molar-refractivity contribution in [3.8, 4) is 11.3 Å². The van der Waals surface area contributed by atoms with E-state index in [9.17, 15) is 19.5 Å². The minimum Gasteiger partial charge on any atom is -0.464 e. The summed E-state index contributed by atoms with van der Waals surface area (Å²) in [5.74, 6) is -0.958. The number of aliphatic hydroxyl groups is 1. The first-order valence-electron chi connectivity index (χ1n) is 10.3. The maximum atomic E-state index is 12.2. The van der Waals surface area contributed by atoms with Gasteiger partial charge in [-0.2, -0.15) is 0 Å². The van der Waals surface area contributed by atoms with Gasteiger partial charge in [-0.05, 0) is 42.3 Å². The molecule has 3 amide bonds. The summed E-state index contributed by atoms with van der Waals surface area (Å²) in [6, 6.07) is 17.5. The number of benzene rings is 2. The number of hydrogen-bond acceptors (Lipinski definition) is 5. The number of furan rings is 1. The fraction of sp³-hybridized carbons (Fsp3) is 0.208. The first-order valence-corrected chi connectivity index (χ1v) is 10.3. The Kier molecular flexibility index (Phi) is 6.32. The first-order chi connectivity index (χ1) is 15.5. The largest absolute Gasteiger partial charge is 0.464 e. The van der Waals surface area contributed by atoms with E-state index in [1.807, 2.05) is 18.2 Å². The highest BCUT2D eigenvalue weighted by atomic mass is 16.3. The molecular weight excluding hydrogens is 410 g/mol. The van der Waals surface area contributed by atoms with Gasteiger partial charge < -0.3 is 25.1 Å². The Balaban J connectivity index is 1.30. The summed E-state index contributed by atoms with van der Waals surface area (Å²) in [5.41, 5.74) is 2.56. The molecule has 0 aliphatic carbocycles. The van der Waals surface area contributed by atoms with Gasteiger partial charge >= 0.3 is 11.8 Å². The molecule has 32 heavy (non-hydrogen) atoms. The Labute approximate surface area is 184 Å². The van der Waals surface area contributed by atoms with Crippen molar-refractivity contribution >= 4 is 29.1 Å². The summed E-state index contributed by atoms with van der Waals surface area (Å²) in [7, 11) is 0. The van der Waals surface area contributed by atoms with E-state index in [2.05, 4.69) is 10.6 Å². The van der Waals surface area contributed by atoms with Crippen molar-refractivity contribution < 1.29 is 23.9 Å². The quantitative estimate of drug-likeness (QED) is 0.518. The van der Waals surface area contributed by atoms with Gasteiger partial charge in [0.2, 0.25) is 5.91 Å². The van der Waals surface area contributed by atoms with Crippen molar-refractivity contribution in [2.75, 3.05) is 23.3 Å². The van der Waals surface area contributed by atoms with E-state index in [0.717, 1.165) is 12.0 Å². The molecule has 1 aromatic heterocycles. The molecule has 8 nitrogen and oxygen atoms in total. The van der Waals surface area contributed by atoms with Crippen LogP contribution in [0.15, 0.2) is 71.3 Å². The lowest BCUT2D eigenvalue weighted by Crippen LogP contribution is -2.37. The van der Waals surface area contributed by atoms with Crippen molar-refractivity contribution in [3.63, 3.8) is 0 Å². The number of amides is 3. The molecule has 8 heteroatoms. The number of rotatable bonds is 6. The molecule has 0 bridgehead atoms. The van der Waals surface area contributed by atoms with Crippen LogP contribution in [0.3, 0.4) is 0 Å². The van der Waals surface area contributed by atoms with Crippen LogP contribution in [-0.4, -0.2) is 35.9 Å².